The van der Waals surface area contributed by atoms with Crippen LogP contribution in [0, 0.1) is 139 Å². The second-order valence-electron chi connectivity index (χ2n) is 38.8. The molecule has 16 heteroatoms. The number of halogens is 4. The van der Waals surface area contributed by atoms with Crippen molar-refractivity contribution in [3.63, 3.8) is 0 Å². The predicted molar refractivity (Wildman–Crippen MR) is 409 cm³/mol. The summed E-state index contributed by atoms with van der Waals surface area (Å²) in [6.07, 6.45) is 35.8. The topological polar surface area (TPSA) is 176 Å². The maximum atomic E-state index is 13.6. The van der Waals surface area contributed by atoms with Crippen LogP contribution in [0.3, 0.4) is 0 Å². The van der Waals surface area contributed by atoms with Crippen molar-refractivity contribution in [3.8, 4) is 0 Å². The predicted octanol–water partition coefficient (Wildman–Crippen LogP) is 20.0. The number of carbonyl (C=O) groups excluding carboxylic acids is 3. The van der Waals surface area contributed by atoms with Gasteiger partial charge in [0.1, 0.15) is 29.8 Å². The van der Waals surface area contributed by atoms with E-state index in [9.17, 15) is 42.9 Å². The van der Waals surface area contributed by atoms with Crippen LogP contribution in [-0.2, 0) is 27.5 Å². The van der Waals surface area contributed by atoms with E-state index in [0.717, 1.165) is 158 Å². The van der Waals surface area contributed by atoms with Crippen LogP contribution in [0.5, 0.6) is 0 Å². The Morgan fingerprint density at radius 2 is 0.865 bits per heavy atom. The number of nitrogens with one attached hydrogen (secondary N) is 1. The normalized spacial score (nSPS) is 42.9. The summed E-state index contributed by atoms with van der Waals surface area (Å²) in [5, 5.41) is 50.3. The zero-order chi connectivity index (χ0) is 72.8. The van der Waals surface area contributed by atoms with E-state index in [1.54, 1.807) is 40.0 Å². The van der Waals surface area contributed by atoms with Gasteiger partial charge in [-0.15, -0.1) is 0 Å². The monoisotopic (exact) mass is 1490 g/mol. The lowest BCUT2D eigenvalue weighted by molar-refractivity contribution is -0.151. The van der Waals surface area contributed by atoms with Gasteiger partial charge in [-0.25, -0.2) is 13.2 Å². The van der Waals surface area contributed by atoms with Crippen LogP contribution in [0.4, 0.5) is 13.2 Å². The van der Waals surface area contributed by atoms with Crippen molar-refractivity contribution in [3.05, 3.63) is 90.6 Å². The lowest BCUT2D eigenvalue weighted by Gasteiger charge is -2.61. The molecule has 12 saturated carbocycles. The van der Waals surface area contributed by atoms with Crippen LogP contribution < -0.4 is 0 Å². The standard InChI is InChI=1S/2C29H39FN2O2.C22H35BrO2.C7H5FN2.CH4/c1-27(34)12-13-28(2)19(15-27)4-6-21-22-7-8-24(29(22,3)11-10-23(21)28)26(33)17-32-16-18-14-20(30)5-9-25(18)31-32;1-27(34)12-13-28(2)19(15-27)4-6-21-22-7-8-24(29(22,3)11-10-23(21)28)26(33)17-32-25-9-5-20(30)14-18(25)16-31-32;1-20(25)10-11-21(2)14(12-20)4-5-15-16-6-7-18(19(24)13-23)22(16,3)9-8-17(15)21;8-6-1-2-7-5(3-6)4-9-10-7;/h2*5,9,14,16,19,21-24,34H,4,6-8,10-13,15,17H2,1-3H3;14-18,25H,4-13H2,1-3H3;1-4H,(H,9,10);1H4/t2*19-,21+,22+,23+,24-,27-,28+,29+;14-,15+,16+,17+,18-,20-,21+,22+;;/m111../s1. The van der Waals surface area contributed by atoms with Crippen LogP contribution in [0.2, 0.25) is 0 Å². The van der Waals surface area contributed by atoms with Crippen molar-refractivity contribution in [1.29, 1.82) is 0 Å². The fourth-order valence-corrected chi connectivity index (χ4v) is 28.1. The number of hydrogen-bond acceptors (Lipinski definition) is 9. The molecular formula is C88H122BrF3N6O6. The molecule has 12 aliphatic carbocycles. The number of alkyl halides is 1. The molecule has 4 N–H and O–H groups in total. The quantitative estimate of drug-likeness (QED) is 0.108. The van der Waals surface area contributed by atoms with Gasteiger partial charge >= 0.3 is 0 Å². The SMILES string of the molecule is C.C[C@@]1(O)CC[C@@]2(C)[C@H](CC[C@@H]3[C@@H]2CC[C@]2(C)[C@@H](C(=O)CBr)CC[C@@H]32)C1.C[C@@]1(O)CC[C@@]2(C)[C@H](CC[C@@H]3[C@@H]2CC[C@]2(C)[C@@H](C(=O)Cn4cc5cc(F)ccc5n4)CC[C@@H]32)C1.C[C@@]1(O)CC[C@@]2(C)[C@H](CC[C@@H]3[C@@H]2CC[C@]2(C)[C@@H](C(=O)Cn4ncc5cc(F)ccc54)CC[C@@H]32)C1.Fc1ccc2[nH]ncc2c1. The van der Waals surface area contributed by atoms with E-state index < -0.39 is 16.8 Å². The first-order valence-corrected chi connectivity index (χ1v) is 41.5. The molecule has 568 valence electrons. The highest BCUT2D eigenvalue weighted by Crippen LogP contribution is 2.72. The number of nitrogens with zero attached hydrogens (tertiary/aromatic N) is 5. The zero-order valence-corrected chi connectivity index (χ0v) is 64.7. The summed E-state index contributed by atoms with van der Waals surface area (Å²) in [6.45, 7) is 21.5. The smallest absolute Gasteiger partial charge is 0.157 e. The van der Waals surface area contributed by atoms with Gasteiger partial charge in [-0.2, -0.15) is 15.3 Å². The summed E-state index contributed by atoms with van der Waals surface area (Å²) >= 11 is 3.43. The van der Waals surface area contributed by atoms with Gasteiger partial charge < -0.3 is 15.3 Å². The summed E-state index contributed by atoms with van der Waals surface area (Å²) in [7, 11) is 0. The minimum absolute atomic E-state index is 0. The lowest BCUT2D eigenvalue weighted by atomic mass is 9.44. The lowest BCUT2D eigenvalue weighted by Crippen LogP contribution is -2.55. The molecule has 0 bridgehead atoms. The van der Waals surface area contributed by atoms with E-state index in [-0.39, 0.29) is 72.0 Å². The Bertz CT molecular complexity index is 4150. The van der Waals surface area contributed by atoms with Crippen LogP contribution in [-0.4, -0.2) is 84.6 Å². The molecule has 3 aromatic carbocycles. The number of Topliss-reactive ketones (excluding diaryl/α,β-unsaturated/α-hetero) is 3. The molecule has 12 aliphatic rings. The van der Waals surface area contributed by atoms with Gasteiger partial charge in [-0.05, 0) is 352 Å². The number of aliphatic hydroxyl groups is 3. The van der Waals surface area contributed by atoms with E-state index in [1.165, 1.54) is 120 Å². The van der Waals surface area contributed by atoms with Gasteiger partial charge in [0.05, 0.1) is 57.6 Å². The molecule has 0 amide bonds. The van der Waals surface area contributed by atoms with Gasteiger partial charge in [0.15, 0.2) is 11.6 Å². The van der Waals surface area contributed by atoms with Gasteiger partial charge in [0.25, 0.3) is 0 Å². The molecule has 12 nitrogen and oxygen atoms in total. The Hall–Kier alpha value is -4.77. The number of aromatic amines is 1. The minimum Gasteiger partial charge on any atom is -0.390 e. The molecule has 12 fully saturated rings. The number of ketones is 3. The van der Waals surface area contributed by atoms with Crippen molar-refractivity contribution in [2.75, 3.05) is 5.33 Å². The van der Waals surface area contributed by atoms with E-state index in [0.29, 0.717) is 74.4 Å². The van der Waals surface area contributed by atoms with E-state index >= 15 is 0 Å². The summed E-state index contributed by atoms with van der Waals surface area (Å²) in [5.41, 5.74) is 2.52. The van der Waals surface area contributed by atoms with E-state index in [2.05, 4.69) is 77.9 Å². The van der Waals surface area contributed by atoms with Gasteiger partial charge in [0.2, 0.25) is 0 Å². The van der Waals surface area contributed by atoms with Crippen molar-refractivity contribution < 1.29 is 42.9 Å². The summed E-state index contributed by atoms with van der Waals surface area (Å²) < 4.78 is 43.1. The number of H-pyrrole nitrogens is 1. The number of carbonyl (C=O) groups is 3. The second kappa shape index (κ2) is 28.0. The van der Waals surface area contributed by atoms with Crippen molar-refractivity contribution >= 4 is 66.0 Å². The number of rotatable bonds is 8. The minimum atomic E-state index is -0.493. The Kier molecular flexibility index (Phi) is 20.4. The van der Waals surface area contributed by atoms with Crippen LogP contribution in [0.15, 0.2) is 73.2 Å². The first kappa shape index (κ1) is 76.0. The molecule has 3 aromatic heterocycles. The first-order valence-electron chi connectivity index (χ1n) is 40.4. The molecule has 0 aliphatic heterocycles. The Labute approximate surface area is 625 Å². The van der Waals surface area contributed by atoms with Crippen LogP contribution in [0.25, 0.3) is 32.7 Å². The fourth-order valence-electron chi connectivity index (χ4n) is 27.7. The molecule has 3 heterocycles. The van der Waals surface area contributed by atoms with Gasteiger partial charge in [-0.3, -0.25) is 28.8 Å². The average Bonchev–Trinajstić information content (AvgIpc) is 1.36. The molecular weight excluding hydrogens is 1370 g/mol. The second-order valence-corrected chi connectivity index (χ2v) is 39.3. The number of fused-ring (bicyclic) bond motifs is 18. The Morgan fingerprint density at radius 1 is 0.462 bits per heavy atom. The van der Waals surface area contributed by atoms with Crippen molar-refractivity contribution in [1.82, 2.24) is 29.8 Å². The number of aromatic nitrogens is 6. The molecule has 0 unspecified atom stereocenters. The number of benzene rings is 3. The van der Waals surface area contributed by atoms with Crippen LogP contribution in [0.1, 0.15) is 243 Å². The van der Waals surface area contributed by atoms with E-state index in [1.807, 2.05) is 27.0 Å². The summed E-state index contributed by atoms with van der Waals surface area (Å²) in [5.74, 6) is 9.27. The zero-order valence-electron chi connectivity index (χ0n) is 63.1. The van der Waals surface area contributed by atoms with E-state index in [4.69, 9.17) is 0 Å². The largest absolute Gasteiger partial charge is 0.390 e. The summed E-state index contributed by atoms with van der Waals surface area (Å²) in [4.78, 5) is 39.7. The third-order valence-corrected chi connectivity index (χ3v) is 33.9. The molecule has 0 radical (unpaired) electrons. The average molecular weight is 1500 g/mol. The molecule has 0 saturated heterocycles. The summed E-state index contributed by atoms with van der Waals surface area (Å²) in [6, 6.07) is 13.8. The maximum absolute atomic E-state index is 13.6. The van der Waals surface area contributed by atoms with Gasteiger partial charge in [-0.1, -0.05) is 64.9 Å². The highest BCUT2D eigenvalue weighted by atomic mass is 79.9. The number of hydrogen-bond donors (Lipinski definition) is 4. The Balaban J connectivity index is 0.000000124. The molecule has 24 atom stereocenters. The third-order valence-electron chi connectivity index (χ3n) is 33.3. The first-order chi connectivity index (χ1) is 48.8. The van der Waals surface area contributed by atoms with Crippen molar-refractivity contribution in [2.45, 2.75) is 273 Å². The van der Waals surface area contributed by atoms with Crippen molar-refractivity contribution in [2.24, 2.45) is 121 Å². The molecule has 18 rings (SSSR count). The molecule has 0 spiro atoms. The van der Waals surface area contributed by atoms with Gasteiger partial charge in [0, 0.05) is 40.1 Å². The maximum Gasteiger partial charge on any atom is 0.157 e. The molecule has 6 aromatic rings. The fraction of sp³-hybridized carbons (Fsp3) is 0.727. The molecule has 104 heavy (non-hydrogen) atoms. The highest BCUT2D eigenvalue weighted by molar-refractivity contribution is 9.09. The Morgan fingerprint density at radius 3 is 1.33 bits per heavy atom. The van der Waals surface area contributed by atoms with Crippen LogP contribution >= 0.6 is 15.9 Å². The highest BCUT2D eigenvalue weighted by Gasteiger charge is 2.65. The third kappa shape index (κ3) is 13.4.